The average Bonchev–Trinajstić information content (AvgIpc) is 3.22. The Morgan fingerprint density at radius 2 is 1.60 bits per heavy atom. The summed E-state index contributed by atoms with van der Waals surface area (Å²) in [5.74, 6) is 3.18. The molecule has 0 fully saturated rings. The van der Waals surface area contributed by atoms with Gasteiger partial charge in [-0.25, -0.2) is 4.79 Å². The van der Waals surface area contributed by atoms with Crippen LogP contribution in [0, 0.1) is 13.8 Å². The Hall–Kier alpha value is -5.98. The van der Waals surface area contributed by atoms with Crippen molar-refractivity contribution in [2.24, 2.45) is 0 Å². The standard InChI is InChI=1S/C45H46Cl2N4O6.CH2O2/c1-27-28(2)48-19-17-39(27)56-35-11-6-29(7-12-35)16-18-49-43(52)38-21-32-22-40-41(23-33(32)24-51(38)44(53)50-45(3,4)5)57-42(26-55-40)31-9-13-34(14-10-31)54-25-30-8-15-36(46)37(47)20-30;2-1-3/h6-15,17,19-20,22-23,38,42H,16,18,21,24-26H2,1-5H3,(H,49,52)(H,50,53);1H,(H,2,3). The summed E-state index contributed by atoms with van der Waals surface area (Å²) in [6.07, 6.45) is 2.34. The Balaban J connectivity index is 0.00000195. The molecule has 0 bridgehead atoms. The maximum Gasteiger partial charge on any atom is 0.318 e. The highest BCUT2D eigenvalue weighted by atomic mass is 35.5. The molecule has 0 aliphatic carbocycles. The monoisotopic (exact) mass is 854 g/mol. The third kappa shape index (κ3) is 11.2. The Labute approximate surface area is 359 Å². The van der Waals surface area contributed by atoms with Crippen LogP contribution in [-0.4, -0.2) is 58.1 Å². The van der Waals surface area contributed by atoms with Crippen LogP contribution in [0.1, 0.15) is 65.9 Å². The molecule has 1 aromatic heterocycles. The predicted octanol–water partition coefficient (Wildman–Crippen LogP) is 9.18. The second-order valence-corrected chi connectivity index (χ2v) is 16.3. The van der Waals surface area contributed by atoms with Crippen molar-refractivity contribution in [2.75, 3.05) is 13.2 Å². The van der Waals surface area contributed by atoms with Crippen molar-refractivity contribution in [2.45, 2.75) is 78.3 Å². The first-order chi connectivity index (χ1) is 28.7. The number of pyridine rings is 1. The summed E-state index contributed by atoms with van der Waals surface area (Å²) < 4.78 is 24.7. The maximum atomic E-state index is 13.8. The Morgan fingerprint density at radius 3 is 2.30 bits per heavy atom. The second kappa shape index (κ2) is 19.4. The first kappa shape index (κ1) is 43.6. The van der Waals surface area contributed by atoms with Crippen LogP contribution in [0.4, 0.5) is 4.79 Å². The number of hydrogen-bond donors (Lipinski definition) is 3. The quantitative estimate of drug-likeness (QED) is 0.117. The van der Waals surface area contributed by atoms with Gasteiger partial charge in [-0.1, -0.05) is 53.5 Å². The van der Waals surface area contributed by atoms with E-state index in [9.17, 15) is 9.59 Å². The summed E-state index contributed by atoms with van der Waals surface area (Å²) in [4.78, 5) is 41.8. The van der Waals surface area contributed by atoms with Gasteiger partial charge < -0.3 is 39.6 Å². The van der Waals surface area contributed by atoms with Crippen LogP contribution in [0.15, 0.2) is 91.1 Å². The summed E-state index contributed by atoms with van der Waals surface area (Å²) in [5, 5.41) is 14.0. The summed E-state index contributed by atoms with van der Waals surface area (Å²) in [6, 6.07) is 25.7. The highest BCUT2D eigenvalue weighted by Crippen LogP contribution is 2.41. The number of carboxylic acid groups (broad SMARTS) is 1. The van der Waals surface area contributed by atoms with Crippen LogP contribution in [0.2, 0.25) is 10.0 Å². The van der Waals surface area contributed by atoms with Crippen molar-refractivity contribution in [1.29, 1.82) is 0 Å². The Bertz CT molecular complexity index is 2320. The molecule has 314 valence electrons. The number of carbonyl (C=O) groups is 3. The van der Waals surface area contributed by atoms with Gasteiger partial charge in [-0.2, -0.15) is 0 Å². The van der Waals surface area contributed by atoms with Crippen molar-refractivity contribution >= 4 is 41.6 Å². The molecule has 0 saturated heterocycles. The lowest BCUT2D eigenvalue weighted by Gasteiger charge is -2.38. The summed E-state index contributed by atoms with van der Waals surface area (Å²) in [6.45, 7) is 10.8. The molecule has 3 N–H and O–H groups in total. The fourth-order valence-corrected chi connectivity index (χ4v) is 7.08. The fraction of sp³-hybridized carbons (Fsp3) is 0.304. The minimum atomic E-state index is -0.713. The largest absolute Gasteiger partial charge is 0.489 e. The van der Waals surface area contributed by atoms with Gasteiger partial charge in [-0.15, -0.1) is 0 Å². The number of halogens is 2. The number of rotatable bonds is 10. The van der Waals surface area contributed by atoms with Gasteiger partial charge in [-0.05, 0) is 123 Å². The molecule has 3 heterocycles. The third-order valence-corrected chi connectivity index (χ3v) is 10.8. The summed E-state index contributed by atoms with van der Waals surface area (Å²) in [7, 11) is 0. The predicted molar refractivity (Wildman–Crippen MR) is 229 cm³/mol. The molecule has 2 aliphatic rings. The number of ether oxygens (including phenoxy) is 4. The molecular weight excluding hydrogens is 807 g/mol. The molecule has 4 aromatic carbocycles. The number of hydrogen-bond acceptors (Lipinski definition) is 8. The van der Waals surface area contributed by atoms with Crippen LogP contribution in [0.3, 0.4) is 0 Å². The van der Waals surface area contributed by atoms with E-state index in [4.69, 9.17) is 52.1 Å². The van der Waals surface area contributed by atoms with Gasteiger partial charge in [0.05, 0.1) is 10.0 Å². The Kier molecular flexibility index (Phi) is 14.1. The van der Waals surface area contributed by atoms with Gasteiger partial charge in [0.15, 0.2) is 17.6 Å². The van der Waals surface area contributed by atoms with Crippen LogP contribution >= 0.6 is 23.2 Å². The van der Waals surface area contributed by atoms with E-state index < -0.39 is 11.6 Å². The van der Waals surface area contributed by atoms with Gasteiger partial charge in [-0.3, -0.25) is 14.6 Å². The zero-order chi connectivity index (χ0) is 43.0. The van der Waals surface area contributed by atoms with Crippen molar-refractivity contribution in [1.82, 2.24) is 20.5 Å². The topological polar surface area (TPSA) is 149 Å². The number of nitrogens with one attached hydrogen (secondary N) is 2. The first-order valence-corrected chi connectivity index (χ1v) is 20.2. The van der Waals surface area contributed by atoms with Gasteiger partial charge in [0.1, 0.15) is 36.5 Å². The third-order valence-electron chi connectivity index (χ3n) is 10.0. The second-order valence-electron chi connectivity index (χ2n) is 15.5. The Morgan fingerprint density at radius 1 is 0.917 bits per heavy atom. The lowest BCUT2D eigenvalue weighted by molar-refractivity contribution is -0.126. The minimum Gasteiger partial charge on any atom is -0.489 e. The minimum absolute atomic E-state index is 0.215. The van der Waals surface area contributed by atoms with Crippen molar-refractivity contribution < 1.29 is 38.4 Å². The first-order valence-electron chi connectivity index (χ1n) is 19.5. The molecule has 7 rings (SSSR count). The van der Waals surface area contributed by atoms with Crippen molar-refractivity contribution in [3.05, 3.63) is 140 Å². The average molecular weight is 856 g/mol. The maximum absolute atomic E-state index is 13.8. The molecule has 12 nitrogen and oxygen atoms in total. The van der Waals surface area contributed by atoms with Gasteiger partial charge in [0.25, 0.3) is 6.47 Å². The summed E-state index contributed by atoms with van der Waals surface area (Å²) >= 11 is 12.2. The van der Waals surface area contributed by atoms with Gasteiger partial charge >= 0.3 is 6.03 Å². The van der Waals surface area contributed by atoms with E-state index >= 15 is 0 Å². The van der Waals surface area contributed by atoms with E-state index in [1.807, 2.05) is 107 Å². The van der Waals surface area contributed by atoms with E-state index in [0.717, 1.165) is 50.6 Å². The number of amides is 3. The number of benzene rings is 4. The SMILES string of the molecule is Cc1nccc(Oc2ccc(CCNC(=O)C3Cc4cc5c(cc4CN3C(=O)NC(C)(C)C)OC(c3ccc(OCc4ccc(Cl)c(Cl)c4)cc3)CO5)cc2)c1C.O=CO. The molecule has 14 heteroatoms. The highest BCUT2D eigenvalue weighted by Gasteiger charge is 2.37. The van der Waals surface area contributed by atoms with Crippen LogP contribution in [-0.2, 0) is 35.6 Å². The van der Waals surface area contributed by atoms with E-state index in [2.05, 4.69) is 15.6 Å². The van der Waals surface area contributed by atoms with Crippen molar-refractivity contribution in [3.63, 3.8) is 0 Å². The molecule has 0 radical (unpaired) electrons. The molecule has 2 atom stereocenters. The number of urea groups is 1. The van der Waals surface area contributed by atoms with Gasteiger partial charge in [0, 0.05) is 42.5 Å². The van der Waals surface area contributed by atoms with E-state index in [-0.39, 0.29) is 31.1 Å². The number of aryl methyl sites for hydroxylation is 1. The van der Waals surface area contributed by atoms with Crippen LogP contribution < -0.4 is 29.6 Å². The molecule has 5 aromatic rings. The number of carbonyl (C=O) groups excluding carboxylic acids is 2. The molecule has 3 amide bonds. The lowest BCUT2D eigenvalue weighted by Crippen LogP contribution is -2.58. The molecule has 60 heavy (non-hydrogen) atoms. The van der Waals surface area contributed by atoms with Gasteiger partial charge in [0.2, 0.25) is 5.91 Å². The van der Waals surface area contributed by atoms with Crippen molar-refractivity contribution in [3.8, 4) is 28.7 Å². The number of aromatic nitrogens is 1. The highest BCUT2D eigenvalue weighted by molar-refractivity contribution is 6.42. The molecule has 2 unspecified atom stereocenters. The van der Waals surface area contributed by atoms with E-state index in [1.54, 1.807) is 23.2 Å². The molecular formula is C46H48Cl2N4O8. The fourth-order valence-electron chi connectivity index (χ4n) is 6.76. The number of nitrogens with zero attached hydrogens (tertiary/aromatic N) is 2. The lowest BCUT2D eigenvalue weighted by atomic mass is 9.92. The zero-order valence-corrected chi connectivity index (χ0v) is 35.6. The normalized spacial score (nSPS) is 15.4. The van der Waals surface area contributed by atoms with Crippen LogP contribution in [0.25, 0.3) is 0 Å². The number of fused-ring (bicyclic) bond motifs is 2. The summed E-state index contributed by atoms with van der Waals surface area (Å²) in [5.41, 5.74) is 6.16. The smallest absolute Gasteiger partial charge is 0.318 e. The molecule has 0 spiro atoms. The van der Waals surface area contributed by atoms with E-state index in [0.29, 0.717) is 59.9 Å². The van der Waals surface area contributed by atoms with E-state index in [1.165, 1.54) is 0 Å². The zero-order valence-electron chi connectivity index (χ0n) is 34.1. The van der Waals surface area contributed by atoms with Crippen LogP contribution in [0.5, 0.6) is 28.7 Å². The molecule has 0 saturated carbocycles. The molecule has 2 aliphatic heterocycles.